The molecule has 0 saturated carbocycles. The number of nitrogens with one attached hydrogen (secondary N) is 1. The molecule has 1 amide bonds. The maximum Gasteiger partial charge on any atom is 0.250 e. The van der Waals surface area contributed by atoms with E-state index in [1.807, 2.05) is 59.2 Å². The monoisotopic (exact) mass is 473 g/mol. The van der Waals surface area contributed by atoms with Crippen molar-refractivity contribution in [1.29, 1.82) is 0 Å². The van der Waals surface area contributed by atoms with Crippen LogP contribution in [0.1, 0.15) is 12.5 Å². The van der Waals surface area contributed by atoms with Crippen molar-refractivity contribution in [1.82, 2.24) is 20.2 Å². The van der Waals surface area contributed by atoms with Crippen molar-refractivity contribution in [3.8, 4) is 28.6 Å². The topological polar surface area (TPSA) is 102 Å². The van der Waals surface area contributed by atoms with E-state index >= 15 is 0 Å². The van der Waals surface area contributed by atoms with Gasteiger partial charge in [-0.25, -0.2) is 5.43 Å². The molecule has 1 aromatic heterocycles. The number of benzene rings is 3. The molecule has 0 unspecified atom stereocenters. The van der Waals surface area contributed by atoms with Gasteiger partial charge in [0.05, 0.1) is 18.6 Å². The molecule has 0 aliphatic rings. The molecule has 0 spiro atoms. The first-order valence-corrected chi connectivity index (χ1v) is 11.4. The SMILES string of the molecule is COc1ccc(-n2c(SCC(=O)NN=C(C)c3ccc(O)cc3)nnc2-c2ccccc2)cc1. The lowest BCUT2D eigenvalue weighted by molar-refractivity contribution is -0.118. The van der Waals surface area contributed by atoms with Crippen molar-refractivity contribution >= 4 is 23.4 Å². The molecule has 0 aliphatic heterocycles. The van der Waals surface area contributed by atoms with Crippen LogP contribution in [0.4, 0.5) is 0 Å². The summed E-state index contributed by atoms with van der Waals surface area (Å²) in [6.07, 6.45) is 0. The third-order valence-corrected chi connectivity index (χ3v) is 5.89. The molecule has 34 heavy (non-hydrogen) atoms. The summed E-state index contributed by atoms with van der Waals surface area (Å²) in [4.78, 5) is 12.5. The van der Waals surface area contributed by atoms with Gasteiger partial charge in [0.1, 0.15) is 11.5 Å². The number of ether oxygens (including phenoxy) is 1. The van der Waals surface area contributed by atoms with Gasteiger partial charge < -0.3 is 9.84 Å². The van der Waals surface area contributed by atoms with Crippen LogP contribution in [0.5, 0.6) is 11.5 Å². The Hall–Kier alpha value is -4.11. The highest BCUT2D eigenvalue weighted by molar-refractivity contribution is 7.99. The fraction of sp³-hybridized carbons (Fsp3) is 0.120. The van der Waals surface area contributed by atoms with Crippen molar-refractivity contribution in [2.45, 2.75) is 12.1 Å². The molecule has 1 heterocycles. The third kappa shape index (κ3) is 5.44. The van der Waals surface area contributed by atoms with Crippen molar-refractivity contribution in [3.63, 3.8) is 0 Å². The van der Waals surface area contributed by atoms with E-state index < -0.39 is 0 Å². The molecular formula is C25H23N5O3S. The zero-order valence-electron chi connectivity index (χ0n) is 18.7. The van der Waals surface area contributed by atoms with Gasteiger partial charge in [-0.15, -0.1) is 10.2 Å². The molecule has 0 aliphatic carbocycles. The molecule has 172 valence electrons. The fourth-order valence-electron chi connectivity index (χ4n) is 3.18. The summed E-state index contributed by atoms with van der Waals surface area (Å²) in [7, 11) is 1.62. The molecule has 8 nitrogen and oxygen atoms in total. The van der Waals surface area contributed by atoms with E-state index in [0.717, 1.165) is 22.6 Å². The van der Waals surface area contributed by atoms with E-state index in [0.29, 0.717) is 16.7 Å². The number of carbonyl (C=O) groups is 1. The highest BCUT2D eigenvalue weighted by Gasteiger charge is 2.17. The van der Waals surface area contributed by atoms with Crippen LogP contribution >= 0.6 is 11.8 Å². The number of methoxy groups -OCH3 is 1. The zero-order chi connectivity index (χ0) is 23.9. The van der Waals surface area contributed by atoms with Crippen molar-refractivity contribution in [3.05, 3.63) is 84.4 Å². The smallest absolute Gasteiger partial charge is 0.250 e. The number of nitrogens with zero attached hydrogens (tertiary/aromatic N) is 4. The first-order chi connectivity index (χ1) is 16.5. The first kappa shape index (κ1) is 23.1. The summed E-state index contributed by atoms with van der Waals surface area (Å²) in [6, 6.07) is 23.9. The van der Waals surface area contributed by atoms with Gasteiger partial charge in [0, 0.05) is 11.3 Å². The van der Waals surface area contributed by atoms with Crippen LogP contribution < -0.4 is 10.2 Å². The van der Waals surface area contributed by atoms with E-state index in [1.54, 1.807) is 38.3 Å². The second kappa shape index (κ2) is 10.7. The molecule has 4 aromatic rings. The molecule has 3 aromatic carbocycles. The van der Waals surface area contributed by atoms with E-state index in [-0.39, 0.29) is 17.4 Å². The number of phenolic OH excluding ortho intramolecular Hbond substituents is 1. The Balaban J connectivity index is 1.52. The minimum absolute atomic E-state index is 0.107. The minimum atomic E-state index is -0.270. The maximum atomic E-state index is 12.5. The number of aromatic nitrogens is 3. The minimum Gasteiger partial charge on any atom is -0.508 e. The van der Waals surface area contributed by atoms with Gasteiger partial charge in [-0.3, -0.25) is 9.36 Å². The second-order valence-corrected chi connectivity index (χ2v) is 8.22. The van der Waals surface area contributed by atoms with Gasteiger partial charge in [0.2, 0.25) is 0 Å². The van der Waals surface area contributed by atoms with Crippen LogP contribution in [-0.4, -0.2) is 44.4 Å². The molecule has 0 fully saturated rings. The Morgan fingerprint density at radius 1 is 1.03 bits per heavy atom. The summed E-state index contributed by atoms with van der Waals surface area (Å²) in [6.45, 7) is 1.78. The molecule has 9 heteroatoms. The van der Waals surface area contributed by atoms with Crippen LogP contribution in [0.25, 0.3) is 17.1 Å². The molecule has 0 atom stereocenters. The Labute approximate surface area is 201 Å². The van der Waals surface area contributed by atoms with Crippen LogP contribution in [0.3, 0.4) is 0 Å². The average molecular weight is 474 g/mol. The Bertz CT molecular complexity index is 1290. The predicted molar refractivity (Wildman–Crippen MR) is 133 cm³/mol. The summed E-state index contributed by atoms with van der Waals surface area (Å²) in [5.74, 6) is 1.43. The fourth-order valence-corrected chi connectivity index (χ4v) is 3.92. The van der Waals surface area contributed by atoms with Crippen LogP contribution in [0, 0.1) is 0 Å². The standard InChI is InChI=1S/C25H23N5O3S/c1-17(18-8-12-21(31)13-9-18)26-27-23(32)16-34-25-29-28-24(19-6-4-3-5-7-19)30(25)20-10-14-22(33-2)15-11-20/h3-15,31H,16H2,1-2H3,(H,27,32). The number of thioether (sulfide) groups is 1. The lowest BCUT2D eigenvalue weighted by Crippen LogP contribution is -2.21. The second-order valence-electron chi connectivity index (χ2n) is 7.27. The van der Waals surface area contributed by atoms with Gasteiger partial charge >= 0.3 is 0 Å². The van der Waals surface area contributed by atoms with Crippen LogP contribution in [0.15, 0.2) is 89.1 Å². The molecule has 0 saturated heterocycles. The summed E-state index contributed by atoms with van der Waals surface area (Å²) in [5, 5.41) is 22.9. The largest absolute Gasteiger partial charge is 0.508 e. The quantitative estimate of drug-likeness (QED) is 0.225. The summed E-state index contributed by atoms with van der Waals surface area (Å²) < 4.78 is 7.19. The van der Waals surface area contributed by atoms with Gasteiger partial charge in [0.25, 0.3) is 5.91 Å². The van der Waals surface area contributed by atoms with Crippen LogP contribution in [0.2, 0.25) is 0 Å². The number of phenols is 1. The number of hydrazone groups is 1. The lowest BCUT2D eigenvalue weighted by Gasteiger charge is -2.11. The van der Waals surface area contributed by atoms with E-state index in [4.69, 9.17) is 4.74 Å². The Kier molecular flexibility index (Phi) is 7.24. The van der Waals surface area contributed by atoms with Gasteiger partial charge in [-0.2, -0.15) is 5.10 Å². The predicted octanol–water partition coefficient (Wildman–Crippen LogP) is 4.28. The summed E-state index contributed by atoms with van der Waals surface area (Å²) in [5.41, 5.74) is 5.77. The molecule has 0 bridgehead atoms. The molecule has 4 rings (SSSR count). The normalized spacial score (nSPS) is 11.3. The van der Waals surface area contributed by atoms with Crippen LogP contribution in [-0.2, 0) is 4.79 Å². The lowest BCUT2D eigenvalue weighted by atomic mass is 10.1. The van der Waals surface area contributed by atoms with Gasteiger partial charge in [0.15, 0.2) is 11.0 Å². The van der Waals surface area contributed by atoms with Crippen molar-refractivity contribution in [2.24, 2.45) is 5.10 Å². The number of rotatable bonds is 8. The summed E-state index contributed by atoms with van der Waals surface area (Å²) >= 11 is 1.27. The van der Waals surface area contributed by atoms with Gasteiger partial charge in [-0.05, 0) is 61.0 Å². The Morgan fingerprint density at radius 3 is 2.41 bits per heavy atom. The van der Waals surface area contributed by atoms with Crippen molar-refractivity contribution < 1.29 is 14.6 Å². The highest BCUT2D eigenvalue weighted by atomic mass is 32.2. The average Bonchev–Trinajstić information content (AvgIpc) is 3.31. The maximum absolute atomic E-state index is 12.5. The number of hydrogen-bond acceptors (Lipinski definition) is 7. The van der Waals surface area contributed by atoms with E-state index in [2.05, 4.69) is 20.7 Å². The molecule has 0 radical (unpaired) electrons. The highest BCUT2D eigenvalue weighted by Crippen LogP contribution is 2.28. The van der Waals surface area contributed by atoms with Crippen molar-refractivity contribution in [2.75, 3.05) is 12.9 Å². The zero-order valence-corrected chi connectivity index (χ0v) is 19.5. The number of hydrogen-bond donors (Lipinski definition) is 2. The Morgan fingerprint density at radius 2 is 1.74 bits per heavy atom. The number of amides is 1. The number of carbonyl (C=O) groups excluding carboxylic acids is 1. The van der Waals surface area contributed by atoms with E-state index in [9.17, 15) is 9.90 Å². The first-order valence-electron chi connectivity index (χ1n) is 10.5. The molecule has 2 N–H and O–H groups in total. The number of aromatic hydroxyl groups is 1. The third-order valence-electron chi connectivity index (χ3n) is 4.96. The van der Waals surface area contributed by atoms with Gasteiger partial charge in [-0.1, -0.05) is 42.1 Å². The van der Waals surface area contributed by atoms with E-state index in [1.165, 1.54) is 11.8 Å². The molecular weight excluding hydrogens is 450 g/mol.